The highest BCUT2D eigenvalue weighted by Gasteiger charge is 2.25. The highest BCUT2D eigenvalue weighted by molar-refractivity contribution is 5.98. The van der Waals surface area contributed by atoms with Crippen molar-refractivity contribution in [2.75, 3.05) is 25.1 Å². The van der Waals surface area contributed by atoms with Crippen molar-refractivity contribution in [3.63, 3.8) is 0 Å². The number of halogens is 1. The fraction of sp³-hybridized carbons (Fsp3) is 0.211. The summed E-state index contributed by atoms with van der Waals surface area (Å²) in [4.78, 5) is 10.9. The van der Waals surface area contributed by atoms with Crippen LogP contribution >= 0.6 is 0 Å². The molecule has 0 aliphatic carbocycles. The summed E-state index contributed by atoms with van der Waals surface area (Å²) in [5.41, 5.74) is 3.82. The fourth-order valence-electron chi connectivity index (χ4n) is 3.42. The summed E-state index contributed by atoms with van der Waals surface area (Å²) in [7, 11) is 1.44. The monoisotopic (exact) mass is 365 g/mol. The molecule has 0 saturated carbocycles. The molecule has 3 aromatic heterocycles. The van der Waals surface area contributed by atoms with Gasteiger partial charge in [0.1, 0.15) is 0 Å². The topological polar surface area (TPSA) is 75.8 Å². The number of benzene rings is 1. The molecule has 0 radical (unpaired) electrons. The number of aromatic nitrogens is 4. The molecule has 1 aliphatic rings. The number of aliphatic hydroxyl groups is 1. The average molecular weight is 365 g/mol. The quantitative estimate of drug-likeness (QED) is 0.600. The minimum atomic E-state index is -0.450. The zero-order valence-electron chi connectivity index (χ0n) is 14.5. The van der Waals surface area contributed by atoms with E-state index in [0.717, 1.165) is 22.2 Å². The number of hydrogen-bond donors (Lipinski definition) is 1. The molecule has 4 heterocycles. The molecule has 1 N–H and O–H groups in total. The van der Waals surface area contributed by atoms with E-state index in [2.05, 4.69) is 15.1 Å². The van der Waals surface area contributed by atoms with Crippen LogP contribution < -0.4 is 9.64 Å². The average Bonchev–Trinajstić information content (AvgIpc) is 3.07. The zero-order valence-corrected chi connectivity index (χ0v) is 14.5. The third kappa shape index (κ3) is 2.48. The maximum atomic E-state index is 14.0. The van der Waals surface area contributed by atoms with Crippen molar-refractivity contribution in [3.05, 3.63) is 48.8 Å². The van der Waals surface area contributed by atoms with Gasteiger partial charge in [0.15, 0.2) is 17.2 Å². The molecule has 1 aliphatic heterocycles. The summed E-state index contributed by atoms with van der Waals surface area (Å²) in [6.45, 7) is 1.20. The third-order valence-corrected chi connectivity index (χ3v) is 4.88. The van der Waals surface area contributed by atoms with Gasteiger partial charge in [0.25, 0.3) is 0 Å². The molecule has 4 aromatic rings. The first-order valence-corrected chi connectivity index (χ1v) is 8.53. The fourth-order valence-corrected chi connectivity index (χ4v) is 3.42. The Morgan fingerprint density at radius 3 is 2.81 bits per heavy atom. The molecule has 5 rings (SSSR count). The molecular weight excluding hydrogens is 349 g/mol. The van der Waals surface area contributed by atoms with Crippen molar-refractivity contribution < 1.29 is 14.2 Å². The number of ether oxygens (including phenoxy) is 1. The van der Waals surface area contributed by atoms with Gasteiger partial charge in [0.05, 0.1) is 43.0 Å². The Morgan fingerprint density at radius 1 is 1.19 bits per heavy atom. The van der Waals surface area contributed by atoms with Crippen molar-refractivity contribution in [3.8, 4) is 16.9 Å². The van der Waals surface area contributed by atoms with Gasteiger partial charge < -0.3 is 14.7 Å². The second-order valence-corrected chi connectivity index (χ2v) is 6.56. The van der Waals surface area contributed by atoms with Crippen LogP contribution in [-0.2, 0) is 0 Å². The standard InChI is InChI=1S/C19H16FN5O2/c1-27-18-4-14-13(2-3-21-17(14)5-16(18)20)15-7-23-25-8-11(6-22-19(15)25)24-9-12(26)10-24/h2-8,12,26H,9-10H2,1H3. The number of nitrogens with zero attached hydrogens (tertiary/aromatic N) is 5. The molecule has 27 heavy (non-hydrogen) atoms. The maximum Gasteiger partial charge on any atom is 0.167 e. The second kappa shape index (κ2) is 5.88. The van der Waals surface area contributed by atoms with E-state index in [1.165, 1.54) is 13.2 Å². The van der Waals surface area contributed by atoms with Gasteiger partial charge in [-0.1, -0.05) is 0 Å². The van der Waals surface area contributed by atoms with Crippen molar-refractivity contribution in [1.29, 1.82) is 0 Å². The van der Waals surface area contributed by atoms with Crippen LogP contribution in [0.5, 0.6) is 5.75 Å². The lowest BCUT2D eigenvalue weighted by molar-refractivity contribution is 0.142. The van der Waals surface area contributed by atoms with E-state index in [0.29, 0.717) is 24.3 Å². The van der Waals surface area contributed by atoms with Crippen molar-refractivity contribution in [2.45, 2.75) is 6.10 Å². The van der Waals surface area contributed by atoms with Crippen LogP contribution in [0.4, 0.5) is 10.1 Å². The predicted octanol–water partition coefficient (Wildman–Crippen LogP) is 2.27. The van der Waals surface area contributed by atoms with Crippen LogP contribution in [0, 0.1) is 5.82 Å². The Morgan fingerprint density at radius 2 is 2.04 bits per heavy atom. The first kappa shape index (κ1) is 16.0. The number of aliphatic hydroxyl groups excluding tert-OH is 1. The highest BCUT2D eigenvalue weighted by atomic mass is 19.1. The second-order valence-electron chi connectivity index (χ2n) is 6.56. The Labute approximate surface area is 153 Å². The van der Waals surface area contributed by atoms with E-state index in [-0.39, 0.29) is 11.9 Å². The number of methoxy groups -OCH3 is 1. The van der Waals surface area contributed by atoms with Gasteiger partial charge in [-0.05, 0) is 17.7 Å². The van der Waals surface area contributed by atoms with Gasteiger partial charge >= 0.3 is 0 Å². The number of rotatable bonds is 3. The minimum Gasteiger partial charge on any atom is -0.494 e. The summed E-state index contributed by atoms with van der Waals surface area (Å²) in [6.07, 6.45) is 6.76. The number of β-amino-alcohol motifs (C(OH)–C–C–N with tert-alkyl or cyclic N) is 1. The molecule has 0 atom stereocenters. The normalized spacial score (nSPS) is 14.7. The molecule has 0 amide bonds. The summed E-state index contributed by atoms with van der Waals surface area (Å²) >= 11 is 0. The first-order valence-electron chi connectivity index (χ1n) is 8.53. The molecule has 8 heteroatoms. The Balaban J connectivity index is 1.65. The van der Waals surface area contributed by atoms with Crippen LogP contribution in [0.1, 0.15) is 0 Å². The summed E-state index contributed by atoms with van der Waals surface area (Å²) in [5, 5.41) is 14.7. The number of hydrogen-bond acceptors (Lipinski definition) is 6. The zero-order chi connectivity index (χ0) is 18.5. The maximum absolute atomic E-state index is 14.0. The van der Waals surface area contributed by atoms with E-state index >= 15 is 0 Å². The number of anilines is 1. The molecular formula is C19H16FN5O2. The number of fused-ring (bicyclic) bond motifs is 2. The molecule has 0 bridgehead atoms. The lowest BCUT2D eigenvalue weighted by Crippen LogP contribution is -2.50. The molecule has 0 unspecified atom stereocenters. The van der Waals surface area contributed by atoms with E-state index in [4.69, 9.17) is 4.74 Å². The van der Waals surface area contributed by atoms with Gasteiger partial charge in [-0.25, -0.2) is 13.9 Å². The molecule has 7 nitrogen and oxygen atoms in total. The SMILES string of the molecule is COc1cc2c(-c3cnn4cc(N5CC(O)C5)cnc34)ccnc2cc1F. The summed E-state index contributed by atoms with van der Waals surface area (Å²) < 4.78 is 20.8. The molecule has 0 spiro atoms. The largest absolute Gasteiger partial charge is 0.494 e. The minimum absolute atomic E-state index is 0.166. The lowest BCUT2D eigenvalue weighted by Gasteiger charge is -2.37. The van der Waals surface area contributed by atoms with E-state index in [1.807, 2.05) is 17.2 Å². The van der Waals surface area contributed by atoms with E-state index in [1.54, 1.807) is 29.2 Å². The van der Waals surface area contributed by atoms with Crippen LogP contribution in [0.15, 0.2) is 43.0 Å². The van der Waals surface area contributed by atoms with E-state index < -0.39 is 5.82 Å². The Hall–Kier alpha value is -3.26. The number of pyridine rings is 1. The molecule has 136 valence electrons. The Bertz CT molecular complexity index is 1170. The molecule has 1 fully saturated rings. The van der Waals surface area contributed by atoms with Crippen LogP contribution in [0.3, 0.4) is 0 Å². The van der Waals surface area contributed by atoms with Gasteiger partial charge in [-0.3, -0.25) is 4.98 Å². The van der Waals surface area contributed by atoms with Crippen LogP contribution in [0.25, 0.3) is 27.7 Å². The third-order valence-electron chi connectivity index (χ3n) is 4.88. The van der Waals surface area contributed by atoms with Gasteiger partial charge in [-0.15, -0.1) is 0 Å². The summed E-state index contributed by atoms with van der Waals surface area (Å²) in [5.74, 6) is -0.283. The summed E-state index contributed by atoms with van der Waals surface area (Å²) in [6, 6.07) is 4.87. The molecule has 1 aromatic carbocycles. The van der Waals surface area contributed by atoms with Gasteiger partial charge in [0.2, 0.25) is 0 Å². The highest BCUT2D eigenvalue weighted by Crippen LogP contribution is 2.33. The Kier molecular flexibility index (Phi) is 3.48. The van der Waals surface area contributed by atoms with Crippen LogP contribution in [0.2, 0.25) is 0 Å². The van der Waals surface area contributed by atoms with Crippen LogP contribution in [-0.4, -0.2) is 51.0 Å². The van der Waals surface area contributed by atoms with Gasteiger partial charge in [-0.2, -0.15) is 5.10 Å². The first-order chi connectivity index (χ1) is 13.1. The van der Waals surface area contributed by atoms with Crippen molar-refractivity contribution in [1.82, 2.24) is 19.6 Å². The molecule has 1 saturated heterocycles. The predicted molar refractivity (Wildman–Crippen MR) is 98.5 cm³/mol. The van der Waals surface area contributed by atoms with E-state index in [9.17, 15) is 9.50 Å². The van der Waals surface area contributed by atoms with Crippen molar-refractivity contribution >= 4 is 22.2 Å². The van der Waals surface area contributed by atoms with Gasteiger partial charge in [0, 0.05) is 36.3 Å². The van der Waals surface area contributed by atoms with Crippen molar-refractivity contribution in [2.24, 2.45) is 0 Å². The smallest absolute Gasteiger partial charge is 0.167 e. The lowest BCUT2D eigenvalue weighted by atomic mass is 10.0.